The van der Waals surface area contributed by atoms with Crippen LogP contribution < -0.4 is 0 Å². The highest BCUT2D eigenvalue weighted by Crippen LogP contribution is 2.30. The predicted octanol–water partition coefficient (Wildman–Crippen LogP) is 0.859. The Bertz CT molecular complexity index is 399. The second-order valence-electron chi connectivity index (χ2n) is 7.68. The van der Waals surface area contributed by atoms with Crippen LogP contribution in [0.25, 0.3) is 0 Å². The van der Waals surface area contributed by atoms with E-state index in [1.165, 1.54) is 12.8 Å². The van der Waals surface area contributed by atoms with Gasteiger partial charge in [-0.25, -0.2) is 0 Å². The van der Waals surface area contributed by atoms with Gasteiger partial charge in [-0.3, -0.25) is 9.69 Å². The second kappa shape index (κ2) is 5.86. The molecule has 3 unspecified atom stereocenters. The van der Waals surface area contributed by atoms with E-state index in [1.807, 2.05) is 4.90 Å². The summed E-state index contributed by atoms with van der Waals surface area (Å²) >= 11 is 0. The third kappa shape index (κ3) is 3.41. The van der Waals surface area contributed by atoms with Crippen LogP contribution in [0, 0.1) is 5.41 Å². The summed E-state index contributed by atoms with van der Waals surface area (Å²) in [6.45, 7) is 8.14. The number of hydrogen-bond acceptors (Lipinski definition) is 4. The molecular weight excluding hydrogens is 268 g/mol. The van der Waals surface area contributed by atoms with Crippen molar-refractivity contribution in [3.05, 3.63) is 0 Å². The molecule has 0 aliphatic carbocycles. The Labute approximate surface area is 127 Å². The maximum absolute atomic E-state index is 12.8. The molecule has 3 fully saturated rings. The Hall–Kier alpha value is -0.650. The highest BCUT2D eigenvalue weighted by Gasteiger charge is 2.39. The molecule has 3 atom stereocenters. The molecular formula is C16H28N2O3. The predicted molar refractivity (Wildman–Crippen MR) is 79.9 cm³/mol. The van der Waals surface area contributed by atoms with Crippen LogP contribution in [0.15, 0.2) is 0 Å². The number of ether oxygens (including phenoxy) is 1. The number of aliphatic hydroxyl groups excluding tert-OH is 1. The van der Waals surface area contributed by atoms with E-state index >= 15 is 0 Å². The first-order valence-electron chi connectivity index (χ1n) is 8.27. The van der Waals surface area contributed by atoms with Crippen molar-refractivity contribution >= 4 is 5.91 Å². The third-order valence-electron chi connectivity index (χ3n) is 5.12. The molecule has 1 amide bonds. The van der Waals surface area contributed by atoms with Gasteiger partial charge in [-0.1, -0.05) is 13.8 Å². The zero-order chi connectivity index (χ0) is 15.0. The van der Waals surface area contributed by atoms with E-state index in [2.05, 4.69) is 18.7 Å². The standard InChI is InChI=1S/C16H28N2O3/c1-16(2)8-13(19)5-7-18(11-16)15(20)14-9-17-6-3-4-12(17)10-21-14/h12-14,19H,3-11H2,1-2H3. The van der Waals surface area contributed by atoms with Crippen LogP contribution in [0.1, 0.15) is 39.5 Å². The minimum absolute atomic E-state index is 0.0313. The fourth-order valence-corrected chi connectivity index (χ4v) is 4.06. The molecule has 0 bridgehead atoms. The van der Waals surface area contributed by atoms with Gasteiger partial charge < -0.3 is 14.7 Å². The highest BCUT2D eigenvalue weighted by atomic mass is 16.5. The monoisotopic (exact) mass is 296 g/mol. The molecule has 3 heterocycles. The molecule has 120 valence electrons. The summed E-state index contributed by atoms with van der Waals surface area (Å²) in [5.41, 5.74) is -0.0313. The summed E-state index contributed by atoms with van der Waals surface area (Å²) in [5.74, 6) is 0.113. The molecule has 0 aromatic heterocycles. The lowest BCUT2D eigenvalue weighted by Crippen LogP contribution is -2.54. The number of aliphatic hydroxyl groups is 1. The second-order valence-corrected chi connectivity index (χ2v) is 7.68. The summed E-state index contributed by atoms with van der Waals surface area (Å²) in [4.78, 5) is 17.1. The van der Waals surface area contributed by atoms with Crippen LogP contribution in [0.4, 0.5) is 0 Å². The Balaban J connectivity index is 1.64. The lowest BCUT2D eigenvalue weighted by molar-refractivity contribution is -0.152. The average Bonchev–Trinajstić information content (AvgIpc) is 2.83. The number of morpholine rings is 1. The van der Waals surface area contributed by atoms with Crippen molar-refractivity contribution in [3.63, 3.8) is 0 Å². The number of carbonyl (C=O) groups is 1. The summed E-state index contributed by atoms with van der Waals surface area (Å²) in [5, 5.41) is 9.98. The summed E-state index contributed by atoms with van der Waals surface area (Å²) in [7, 11) is 0. The number of rotatable bonds is 1. The first-order chi connectivity index (χ1) is 9.94. The quantitative estimate of drug-likeness (QED) is 0.780. The van der Waals surface area contributed by atoms with Gasteiger partial charge in [0.1, 0.15) is 6.10 Å². The van der Waals surface area contributed by atoms with E-state index in [4.69, 9.17) is 4.74 Å². The Morgan fingerprint density at radius 1 is 1.29 bits per heavy atom. The van der Waals surface area contributed by atoms with Gasteiger partial charge in [0.25, 0.3) is 5.91 Å². The van der Waals surface area contributed by atoms with Gasteiger partial charge in [-0.2, -0.15) is 0 Å². The van der Waals surface area contributed by atoms with Gasteiger partial charge in [-0.05, 0) is 37.6 Å². The molecule has 0 radical (unpaired) electrons. The molecule has 0 spiro atoms. The first-order valence-corrected chi connectivity index (χ1v) is 8.27. The molecule has 0 aromatic rings. The number of nitrogens with zero attached hydrogens (tertiary/aromatic N) is 2. The van der Waals surface area contributed by atoms with Gasteiger partial charge in [0.15, 0.2) is 0 Å². The van der Waals surface area contributed by atoms with Crippen molar-refractivity contribution in [2.75, 3.05) is 32.8 Å². The molecule has 5 nitrogen and oxygen atoms in total. The summed E-state index contributed by atoms with van der Waals surface area (Å²) in [6.07, 6.45) is 3.24. The first kappa shape index (κ1) is 15.3. The van der Waals surface area contributed by atoms with Gasteiger partial charge >= 0.3 is 0 Å². The van der Waals surface area contributed by atoms with Crippen LogP contribution in [0.2, 0.25) is 0 Å². The Morgan fingerprint density at radius 2 is 2.10 bits per heavy atom. The van der Waals surface area contributed by atoms with Gasteiger partial charge in [0.2, 0.25) is 0 Å². The van der Waals surface area contributed by atoms with E-state index in [9.17, 15) is 9.90 Å². The van der Waals surface area contributed by atoms with Crippen LogP contribution in [0.5, 0.6) is 0 Å². The van der Waals surface area contributed by atoms with Gasteiger partial charge in [0, 0.05) is 25.7 Å². The van der Waals surface area contributed by atoms with Crippen molar-refractivity contribution in [2.45, 2.75) is 57.8 Å². The Morgan fingerprint density at radius 3 is 2.90 bits per heavy atom. The zero-order valence-electron chi connectivity index (χ0n) is 13.3. The molecule has 0 saturated carbocycles. The maximum atomic E-state index is 12.8. The number of likely N-dealkylation sites (tertiary alicyclic amines) is 1. The molecule has 1 N–H and O–H groups in total. The number of hydrogen-bond donors (Lipinski definition) is 1. The molecule has 3 rings (SSSR count). The minimum atomic E-state index is -0.314. The number of fused-ring (bicyclic) bond motifs is 1. The minimum Gasteiger partial charge on any atom is -0.393 e. The average molecular weight is 296 g/mol. The largest absolute Gasteiger partial charge is 0.393 e. The Kier molecular flexibility index (Phi) is 4.26. The van der Waals surface area contributed by atoms with E-state index in [-0.39, 0.29) is 23.5 Å². The van der Waals surface area contributed by atoms with E-state index in [1.54, 1.807) is 0 Å². The van der Waals surface area contributed by atoms with Crippen molar-refractivity contribution in [2.24, 2.45) is 5.41 Å². The lowest BCUT2D eigenvalue weighted by Gasteiger charge is -2.38. The topological polar surface area (TPSA) is 53.0 Å². The van der Waals surface area contributed by atoms with Crippen molar-refractivity contribution in [1.29, 1.82) is 0 Å². The smallest absolute Gasteiger partial charge is 0.253 e. The van der Waals surface area contributed by atoms with Crippen molar-refractivity contribution in [3.8, 4) is 0 Å². The summed E-state index contributed by atoms with van der Waals surface area (Å²) in [6, 6.07) is 0.524. The third-order valence-corrected chi connectivity index (χ3v) is 5.12. The van der Waals surface area contributed by atoms with Crippen LogP contribution in [0.3, 0.4) is 0 Å². The fraction of sp³-hybridized carbons (Fsp3) is 0.938. The van der Waals surface area contributed by atoms with Gasteiger partial charge in [-0.15, -0.1) is 0 Å². The van der Waals surface area contributed by atoms with E-state index in [0.29, 0.717) is 32.2 Å². The van der Waals surface area contributed by atoms with Crippen LogP contribution in [-0.4, -0.2) is 71.8 Å². The highest BCUT2D eigenvalue weighted by molar-refractivity contribution is 5.81. The van der Waals surface area contributed by atoms with Crippen molar-refractivity contribution in [1.82, 2.24) is 9.80 Å². The number of carbonyl (C=O) groups excluding carboxylic acids is 1. The summed E-state index contributed by atoms with van der Waals surface area (Å²) < 4.78 is 5.85. The van der Waals surface area contributed by atoms with Crippen LogP contribution in [-0.2, 0) is 9.53 Å². The van der Waals surface area contributed by atoms with Crippen molar-refractivity contribution < 1.29 is 14.6 Å². The zero-order valence-corrected chi connectivity index (χ0v) is 13.3. The molecule has 21 heavy (non-hydrogen) atoms. The SMILES string of the molecule is CC1(C)CC(O)CCN(C(=O)C2CN3CCCC3CO2)C1. The molecule has 3 aliphatic rings. The van der Waals surface area contributed by atoms with Crippen LogP contribution >= 0.6 is 0 Å². The molecule has 3 saturated heterocycles. The van der Waals surface area contributed by atoms with E-state index < -0.39 is 0 Å². The van der Waals surface area contributed by atoms with Gasteiger partial charge in [0.05, 0.1) is 12.7 Å². The number of amides is 1. The van der Waals surface area contributed by atoms with E-state index in [0.717, 1.165) is 19.5 Å². The fourth-order valence-electron chi connectivity index (χ4n) is 4.06. The maximum Gasteiger partial charge on any atom is 0.253 e. The molecule has 5 heteroatoms. The normalized spacial score (nSPS) is 37.1. The lowest BCUT2D eigenvalue weighted by atomic mass is 9.87. The molecule has 3 aliphatic heterocycles. The molecule has 0 aromatic carbocycles.